The van der Waals surface area contributed by atoms with Crippen LogP contribution >= 0.6 is 11.3 Å². The molecule has 1 N–H and O–H groups in total. The molecule has 3 aromatic rings. The van der Waals surface area contributed by atoms with E-state index in [4.69, 9.17) is 9.15 Å². The predicted octanol–water partition coefficient (Wildman–Crippen LogP) is 4.09. The van der Waals surface area contributed by atoms with Crippen LogP contribution in [0.3, 0.4) is 0 Å². The number of carbonyl (C=O) groups excluding carboxylic acids is 1. The Bertz CT molecular complexity index is 811. The number of benzene rings is 1. The third-order valence-corrected chi connectivity index (χ3v) is 4.38. The molecule has 124 valence electrons. The van der Waals surface area contributed by atoms with E-state index in [0.29, 0.717) is 10.7 Å². The molecule has 24 heavy (non-hydrogen) atoms. The fourth-order valence-electron chi connectivity index (χ4n) is 2.00. The van der Waals surface area contributed by atoms with Crippen LogP contribution in [0.2, 0.25) is 0 Å². The van der Waals surface area contributed by atoms with E-state index in [0.717, 1.165) is 10.8 Å². The predicted molar refractivity (Wildman–Crippen MR) is 91.4 cm³/mol. The van der Waals surface area contributed by atoms with Crippen molar-refractivity contribution in [1.82, 2.24) is 10.2 Å². The number of nitrogens with zero attached hydrogens (tertiary/aromatic N) is 2. The molecule has 1 amide bonds. The molecule has 3 rings (SSSR count). The van der Waals surface area contributed by atoms with E-state index in [1.165, 1.54) is 17.6 Å². The smallest absolute Gasteiger partial charge is 0.293 e. The molecule has 0 spiro atoms. The lowest BCUT2D eigenvalue weighted by Crippen LogP contribution is -2.13. The lowest BCUT2D eigenvalue weighted by Gasteiger charge is -2.06. The summed E-state index contributed by atoms with van der Waals surface area (Å²) in [5.41, 5.74) is 0.671. The van der Waals surface area contributed by atoms with E-state index >= 15 is 0 Å². The van der Waals surface area contributed by atoms with Gasteiger partial charge in [-0.2, -0.15) is 0 Å². The molecule has 0 saturated carbocycles. The highest BCUT2D eigenvalue weighted by Gasteiger charge is 2.18. The second-order valence-corrected chi connectivity index (χ2v) is 6.44. The highest BCUT2D eigenvalue weighted by Crippen LogP contribution is 2.23. The molecule has 6 nitrogen and oxygen atoms in total. The first-order chi connectivity index (χ1) is 11.6. The Kier molecular flexibility index (Phi) is 4.90. The van der Waals surface area contributed by atoms with E-state index in [1.807, 2.05) is 44.2 Å². The quantitative estimate of drug-likeness (QED) is 0.729. The molecule has 1 aromatic carbocycles. The highest BCUT2D eigenvalue weighted by atomic mass is 32.1. The minimum Gasteiger partial charge on any atom is -0.489 e. The van der Waals surface area contributed by atoms with E-state index in [2.05, 4.69) is 15.5 Å². The first-order valence-corrected chi connectivity index (χ1v) is 8.34. The molecule has 0 atom stereocenters. The maximum absolute atomic E-state index is 12.4. The molecule has 0 bridgehead atoms. The minimum atomic E-state index is -0.363. The van der Waals surface area contributed by atoms with Crippen molar-refractivity contribution in [2.45, 2.75) is 26.4 Å². The van der Waals surface area contributed by atoms with Crippen molar-refractivity contribution in [3.63, 3.8) is 0 Å². The zero-order chi connectivity index (χ0) is 16.9. The second-order valence-electron chi connectivity index (χ2n) is 5.43. The SMILES string of the molecule is CC(C)c1nnc(NC(=O)c2occc2COc2ccccc2)s1. The van der Waals surface area contributed by atoms with Crippen molar-refractivity contribution in [2.75, 3.05) is 5.32 Å². The van der Waals surface area contributed by atoms with E-state index in [-0.39, 0.29) is 24.2 Å². The van der Waals surface area contributed by atoms with Crippen LogP contribution in [0.4, 0.5) is 5.13 Å². The average Bonchev–Trinajstić information content (AvgIpc) is 3.23. The Morgan fingerprint density at radius 1 is 1.25 bits per heavy atom. The zero-order valence-corrected chi connectivity index (χ0v) is 14.2. The Hall–Kier alpha value is -2.67. The first kappa shape index (κ1) is 16.2. The first-order valence-electron chi connectivity index (χ1n) is 7.52. The monoisotopic (exact) mass is 343 g/mol. The molecule has 0 aliphatic rings. The molecular weight excluding hydrogens is 326 g/mol. The Labute approximate surface area is 143 Å². The van der Waals surface area contributed by atoms with Gasteiger partial charge in [-0.1, -0.05) is 43.4 Å². The van der Waals surface area contributed by atoms with Gasteiger partial charge in [-0.3, -0.25) is 10.1 Å². The summed E-state index contributed by atoms with van der Waals surface area (Å²) in [5, 5.41) is 12.1. The van der Waals surface area contributed by atoms with Gasteiger partial charge in [0.25, 0.3) is 5.91 Å². The Morgan fingerprint density at radius 3 is 2.75 bits per heavy atom. The van der Waals surface area contributed by atoms with Crippen molar-refractivity contribution in [2.24, 2.45) is 0 Å². The Morgan fingerprint density at radius 2 is 2.04 bits per heavy atom. The van der Waals surface area contributed by atoms with Crippen molar-refractivity contribution < 1.29 is 13.9 Å². The lowest BCUT2D eigenvalue weighted by molar-refractivity contribution is 0.0993. The summed E-state index contributed by atoms with van der Waals surface area (Å²) in [6.07, 6.45) is 1.47. The summed E-state index contributed by atoms with van der Waals surface area (Å²) in [6.45, 7) is 4.30. The topological polar surface area (TPSA) is 77.3 Å². The van der Waals surface area contributed by atoms with Gasteiger partial charge in [-0.25, -0.2) is 0 Å². The van der Waals surface area contributed by atoms with Crippen LogP contribution in [0.5, 0.6) is 5.75 Å². The maximum Gasteiger partial charge on any atom is 0.293 e. The summed E-state index contributed by atoms with van der Waals surface area (Å²) in [4.78, 5) is 12.4. The van der Waals surface area contributed by atoms with Gasteiger partial charge in [-0.05, 0) is 18.2 Å². The molecule has 0 saturated heterocycles. The number of nitrogens with one attached hydrogen (secondary N) is 1. The summed E-state index contributed by atoms with van der Waals surface area (Å²) >= 11 is 1.36. The van der Waals surface area contributed by atoms with Crippen molar-refractivity contribution in [3.05, 3.63) is 59.0 Å². The number of aromatic nitrogens is 2. The molecule has 0 aliphatic heterocycles. The van der Waals surface area contributed by atoms with E-state index < -0.39 is 0 Å². The van der Waals surface area contributed by atoms with Gasteiger partial charge in [-0.15, -0.1) is 10.2 Å². The minimum absolute atomic E-state index is 0.215. The van der Waals surface area contributed by atoms with E-state index in [9.17, 15) is 4.79 Å². The van der Waals surface area contributed by atoms with Crippen molar-refractivity contribution >= 4 is 22.4 Å². The molecule has 0 radical (unpaired) electrons. The number of hydrogen-bond acceptors (Lipinski definition) is 6. The number of anilines is 1. The Balaban J connectivity index is 1.66. The van der Waals surface area contributed by atoms with Crippen LogP contribution in [0.15, 0.2) is 47.1 Å². The van der Waals surface area contributed by atoms with Gasteiger partial charge in [0, 0.05) is 11.5 Å². The summed E-state index contributed by atoms with van der Waals surface area (Å²) in [6, 6.07) is 11.1. The summed E-state index contributed by atoms with van der Waals surface area (Å²) in [7, 11) is 0. The van der Waals surface area contributed by atoms with Gasteiger partial charge in [0.05, 0.1) is 6.26 Å². The van der Waals surface area contributed by atoms with Crippen LogP contribution in [-0.2, 0) is 6.61 Å². The molecule has 7 heteroatoms. The lowest BCUT2D eigenvalue weighted by atomic mass is 10.2. The number of para-hydroxylation sites is 1. The third-order valence-electron chi connectivity index (χ3n) is 3.25. The number of rotatable bonds is 6. The normalized spacial score (nSPS) is 10.8. The summed E-state index contributed by atoms with van der Waals surface area (Å²) in [5.74, 6) is 0.854. The van der Waals surface area contributed by atoms with Gasteiger partial charge in [0.2, 0.25) is 5.13 Å². The molecule has 2 aromatic heterocycles. The third kappa shape index (κ3) is 3.80. The fraction of sp³-hybridized carbons (Fsp3) is 0.235. The van der Waals surface area contributed by atoms with Crippen LogP contribution < -0.4 is 10.1 Å². The van der Waals surface area contributed by atoms with Crippen LogP contribution in [0, 0.1) is 0 Å². The van der Waals surface area contributed by atoms with Crippen LogP contribution in [0.1, 0.15) is 40.9 Å². The maximum atomic E-state index is 12.4. The van der Waals surface area contributed by atoms with Gasteiger partial charge in [0.15, 0.2) is 5.76 Å². The van der Waals surface area contributed by atoms with Gasteiger partial charge in [0.1, 0.15) is 17.4 Å². The summed E-state index contributed by atoms with van der Waals surface area (Å²) < 4.78 is 11.0. The molecule has 0 fully saturated rings. The molecular formula is C17H17N3O3S. The molecule has 0 aliphatic carbocycles. The number of carbonyl (C=O) groups is 1. The highest BCUT2D eigenvalue weighted by molar-refractivity contribution is 7.15. The van der Waals surface area contributed by atoms with Crippen molar-refractivity contribution in [3.8, 4) is 5.75 Å². The number of ether oxygens (including phenoxy) is 1. The molecule has 2 heterocycles. The van der Waals surface area contributed by atoms with Gasteiger partial charge < -0.3 is 9.15 Å². The van der Waals surface area contributed by atoms with Gasteiger partial charge >= 0.3 is 0 Å². The van der Waals surface area contributed by atoms with E-state index in [1.54, 1.807) is 6.07 Å². The second kappa shape index (κ2) is 7.27. The molecule has 0 unspecified atom stereocenters. The average molecular weight is 343 g/mol. The standard InChI is InChI=1S/C17H17N3O3S/c1-11(2)16-19-20-17(24-16)18-15(21)14-12(8-9-22-14)10-23-13-6-4-3-5-7-13/h3-9,11H,10H2,1-2H3,(H,18,20,21). The zero-order valence-electron chi connectivity index (χ0n) is 13.4. The van der Waals surface area contributed by atoms with Crippen LogP contribution in [-0.4, -0.2) is 16.1 Å². The number of furan rings is 1. The largest absolute Gasteiger partial charge is 0.489 e. The van der Waals surface area contributed by atoms with Crippen molar-refractivity contribution in [1.29, 1.82) is 0 Å². The van der Waals surface area contributed by atoms with Crippen LogP contribution in [0.25, 0.3) is 0 Å². The number of hydrogen-bond donors (Lipinski definition) is 1. The fourth-order valence-corrected chi connectivity index (χ4v) is 2.74. The number of amides is 1.